The van der Waals surface area contributed by atoms with Crippen LogP contribution in [0, 0.1) is 0 Å². The van der Waals surface area contributed by atoms with E-state index in [1.165, 1.54) is 0 Å². The molecule has 0 bridgehead atoms. The Morgan fingerprint density at radius 2 is 1.55 bits per heavy atom. The zero-order valence-corrected chi connectivity index (χ0v) is 11.9. The van der Waals surface area contributed by atoms with Crippen molar-refractivity contribution in [2.24, 2.45) is 0 Å². The van der Waals surface area contributed by atoms with Crippen LogP contribution in [0.4, 0.5) is 0 Å². The van der Waals surface area contributed by atoms with Crippen molar-refractivity contribution in [3.8, 4) is 0 Å². The second-order valence-corrected chi connectivity index (χ2v) is 5.35. The largest absolute Gasteiger partial charge is 0.448 e. The van der Waals surface area contributed by atoms with Crippen molar-refractivity contribution in [1.82, 2.24) is 0 Å². The molecule has 2 nitrogen and oxygen atoms in total. The lowest BCUT2D eigenvalue weighted by atomic mass is 10.0. The SMILES string of the molecule is CSC1=C(c2ccccc2)C(=O)OC1c1ccccc1. The van der Waals surface area contributed by atoms with Gasteiger partial charge in [-0.05, 0) is 17.4 Å². The molecule has 0 saturated carbocycles. The van der Waals surface area contributed by atoms with Gasteiger partial charge in [0.2, 0.25) is 0 Å². The topological polar surface area (TPSA) is 26.3 Å². The van der Waals surface area contributed by atoms with Crippen LogP contribution >= 0.6 is 11.8 Å². The lowest BCUT2D eigenvalue weighted by Gasteiger charge is -2.12. The maximum absolute atomic E-state index is 12.2. The van der Waals surface area contributed by atoms with Crippen LogP contribution in [0.3, 0.4) is 0 Å². The smallest absolute Gasteiger partial charge is 0.340 e. The fraction of sp³-hybridized carbons (Fsp3) is 0.118. The first-order chi connectivity index (χ1) is 9.81. The number of hydrogen-bond donors (Lipinski definition) is 0. The first kappa shape index (κ1) is 13.0. The monoisotopic (exact) mass is 282 g/mol. The Kier molecular flexibility index (Phi) is 3.61. The van der Waals surface area contributed by atoms with Gasteiger partial charge in [-0.15, -0.1) is 11.8 Å². The molecule has 1 unspecified atom stereocenters. The van der Waals surface area contributed by atoms with Crippen LogP contribution in [-0.4, -0.2) is 12.2 Å². The quantitative estimate of drug-likeness (QED) is 0.794. The Labute approximate surface area is 122 Å². The molecule has 2 aromatic carbocycles. The van der Waals surface area contributed by atoms with E-state index in [-0.39, 0.29) is 12.1 Å². The highest BCUT2D eigenvalue weighted by molar-refractivity contribution is 8.02. The summed E-state index contributed by atoms with van der Waals surface area (Å²) < 4.78 is 5.58. The van der Waals surface area contributed by atoms with E-state index < -0.39 is 0 Å². The highest BCUT2D eigenvalue weighted by Gasteiger charge is 2.35. The average Bonchev–Trinajstić information content (AvgIpc) is 2.85. The number of benzene rings is 2. The molecule has 3 heteroatoms. The van der Waals surface area contributed by atoms with Crippen LogP contribution in [0.5, 0.6) is 0 Å². The zero-order chi connectivity index (χ0) is 13.9. The molecule has 0 amide bonds. The van der Waals surface area contributed by atoms with Crippen molar-refractivity contribution in [3.05, 3.63) is 76.7 Å². The van der Waals surface area contributed by atoms with E-state index >= 15 is 0 Å². The summed E-state index contributed by atoms with van der Waals surface area (Å²) in [6.45, 7) is 0. The summed E-state index contributed by atoms with van der Waals surface area (Å²) in [5.41, 5.74) is 2.61. The van der Waals surface area contributed by atoms with Crippen molar-refractivity contribution >= 4 is 23.3 Å². The summed E-state index contributed by atoms with van der Waals surface area (Å²) in [4.78, 5) is 13.2. The first-order valence-electron chi connectivity index (χ1n) is 6.41. The first-order valence-corrected chi connectivity index (χ1v) is 7.63. The molecule has 1 aliphatic rings. The molecule has 1 aliphatic heterocycles. The van der Waals surface area contributed by atoms with Crippen LogP contribution in [0.25, 0.3) is 5.57 Å². The molecule has 100 valence electrons. The van der Waals surface area contributed by atoms with E-state index in [4.69, 9.17) is 4.74 Å². The molecule has 3 rings (SSSR count). The molecule has 1 atom stereocenters. The van der Waals surface area contributed by atoms with Gasteiger partial charge >= 0.3 is 5.97 Å². The Morgan fingerprint density at radius 1 is 0.950 bits per heavy atom. The van der Waals surface area contributed by atoms with Crippen molar-refractivity contribution in [1.29, 1.82) is 0 Å². The second-order valence-electron chi connectivity index (χ2n) is 4.51. The molecule has 0 saturated heterocycles. The summed E-state index contributed by atoms with van der Waals surface area (Å²) in [5, 5.41) is 0. The molecule has 0 aliphatic carbocycles. The van der Waals surface area contributed by atoms with Crippen LogP contribution in [0.15, 0.2) is 65.6 Å². The van der Waals surface area contributed by atoms with Gasteiger partial charge in [0.1, 0.15) is 0 Å². The van der Waals surface area contributed by atoms with E-state index in [0.717, 1.165) is 16.0 Å². The number of cyclic esters (lactones) is 1. The number of carbonyl (C=O) groups is 1. The molecule has 0 N–H and O–H groups in total. The third kappa shape index (κ3) is 2.25. The summed E-state index contributed by atoms with van der Waals surface area (Å²) >= 11 is 1.58. The molecule has 0 fully saturated rings. The summed E-state index contributed by atoms with van der Waals surface area (Å²) in [7, 11) is 0. The molecule has 0 radical (unpaired) electrons. The Morgan fingerprint density at radius 3 is 2.15 bits per heavy atom. The Bertz CT molecular complexity index is 647. The summed E-state index contributed by atoms with van der Waals surface area (Å²) in [6, 6.07) is 19.6. The van der Waals surface area contributed by atoms with Gasteiger partial charge in [-0.3, -0.25) is 0 Å². The Balaban J connectivity index is 2.09. The number of carbonyl (C=O) groups excluding carboxylic acids is 1. The molecule has 1 heterocycles. The lowest BCUT2D eigenvalue weighted by Crippen LogP contribution is -2.02. The highest BCUT2D eigenvalue weighted by Crippen LogP contribution is 2.44. The standard InChI is InChI=1S/C17H14O2S/c1-20-16-14(12-8-4-2-5-9-12)17(18)19-15(16)13-10-6-3-7-11-13/h2-11,15H,1H3. The molecule has 0 aromatic heterocycles. The van der Waals surface area contributed by atoms with Crippen molar-refractivity contribution in [2.75, 3.05) is 6.26 Å². The van der Waals surface area contributed by atoms with E-state index in [1.54, 1.807) is 11.8 Å². The molecule has 20 heavy (non-hydrogen) atoms. The maximum atomic E-state index is 12.2. The number of thioether (sulfide) groups is 1. The molecular formula is C17H14O2S. The summed E-state index contributed by atoms with van der Waals surface area (Å²) in [5.74, 6) is -0.241. The minimum Gasteiger partial charge on any atom is -0.448 e. The fourth-order valence-corrected chi connectivity index (χ4v) is 3.18. The van der Waals surface area contributed by atoms with E-state index in [9.17, 15) is 4.79 Å². The minimum atomic E-state index is -0.283. The van der Waals surface area contributed by atoms with Gasteiger partial charge in [0.25, 0.3) is 0 Å². The number of ether oxygens (including phenoxy) is 1. The highest BCUT2D eigenvalue weighted by atomic mass is 32.2. The van der Waals surface area contributed by atoms with Crippen molar-refractivity contribution in [3.63, 3.8) is 0 Å². The molecular weight excluding hydrogens is 268 g/mol. The fourth-order valence-electron chi connectivity index (χ4n) is 2.37. The number of rotatable bonds is 3. The van der Waals surface area contributed by atoms with E-state index in [2.05, 4.69) is 0 Å². The van der Waals surface area contributed by atoms with Gasteiger partial charge in [0, 0.05) is 4.91 Å². The van der Waals surface area contributed by atoms with Gasteiger partial charge in [-0.25, -0.2) is 4.79 Å². The third-order valence-electron chi connectivity index (χ3n) is 3.30. The van der Waals surface area contributed by atoms with E-state index in [0.29, 0.717) is 5.57 Å². The van der Waals surface area contributed by atoms with Gasteiger partial charge in [-0.2, -0.15) is 0 Å². The van der Waals surface area contributed by atoms with Crippen LogP contribution in [0.2, 0.25) is 0 Å². The van der Waals surface area contributed by atoms with Crippen LogP contribution in [0.1, 0.15) is 17.2 Å². The molecule has 0 spiro atoms. The van der Waals surface area contributed by atoms with Crippen LogP contribution in [-0.2, 0) is 9.53 Å². The predicted molar refractivity (Wildman–Crippen MR) is 82.2 cm³/mol. The van der Waals surface area contributed by atoms with Crippen molar-refractivity contribution in [2.45, 2.75) is 6.10 Å². The predicted octanol–water partition coefficient (Wildman–Crippen LogP) is 4.06. The Hall–Kier alpha value is -2.00. The third-order valence-corrected chi connectivity index (χ3v) is 4.16. The zero-order valence-electron chi connectivity index (χ0n) is 11.1. The average molecular weight is 282 g/mol. The summed E-state index contributed by atoms with van der Waals surface area (Å²) in [6.07, 6.45) is 1.70. The maximum Gasteiger partial charge on any atom is 0.340 e. The number of hydrogen-bond acceptors (Lipinski definition) is 3. The van der Waals surface area contributed by atoms with Gasteiger partial charge < -0.3 is 4.74 Å². The lowest BCUT2D eigenvalue weighted by molar-refractivity contribution is -0.138. The van der Waals surface area contributed by atoms with Crippen molar-refractivity contribution < 1.29 is 9.53 Å². The van der Waals surface area contributed by atoms with Gasteiger partial charge in [0.15, 0.2) is 6.10 Å². The molecule has 2 aromatic rings. The van der Waals surface area contributed by atoms with E-state index in [1.807, 2.05) is 66.9 Å². The normalized spacial score (nSPS) is 18.2. The second kappa shape index (κ2) is 5.55. The minimum absolute atomic E-state index is 0.241. The van der Waals surface area contributed by atoms with Gasteiger partial charge in [0.05, 0.1) is 5.57 Å². The van der Waals surface area contributed by atoms with Gasteiger partial charge in [-0.1, -0.05) is 60.7 Å². The number of esters is 1. The van der Waals surface area contributed by atoms with Crippen LogP contribution < -0.4 is 0 Å².